The van der Waals surface area contributed by atoms with Crippen LogP contribution in [0.2, 0.25) is 0 Å². The standard InChI is InChI=1S/C14H22FNO/c1-9(2)16-8-14(5,17)13-11(4)6-10(3)7-12(13)15/h6-7,9,16-17H,8H2,1-5H3. The van der Waals surface area contributed by atoms with E-state index in [1.54, 1.807) is 6.92 Å². The van der Waals surface area contributed by atoms with Crippen LogP contribution in [-0.2, 0) is 5.60 Å². The molecule has 0 spiro atoms. The first-order valence-electron chi connectivity index (χ1n) is 5.97. The summed E-state index contributed by atoms with van der Waals surface area (Å²) in [6, 6.07) is 3.62. The smallest absolute Gasteiger partial charge is 0.129 e. The summed E-state index contributed by atoms with van der Waals surface area (Å²) in [5.41, 5.74) is 0.859. The van der Waals surface area contributed by atoms with E-state index in [4.69, 9.17) is 0 Å². The van der Waals surface area contributed by atoms with E-state index >= 15 is 0 Å². The fraction of sp³-hybridized carbons (Fsp3) is 0.571. The van der Waals surface area contributed by atoms with Gasteiger partial charge in [0.1, 0.15) is 11.4 Å². The van der Waals surface area contributed by atoms with Crippen LogP contribution in [0.3, 0.4) is 0 Å². The zero-order valence-corrected chi connectivity index (χ0v) is 11.3. The van der Waals surface area contributed by atoms with Gasteiger partial charge in [-0.1, -0.05) is 19.9 Å². The molecule has 2 nitrogen and oxygen atoms in total. The van der Waals surface area contributed by atoms with Gasteiger partial charge in [0, 0.05) is 18.2 Å². The van der Waals surface area contributed by atoms with Crippen molar-refractivity contribution in [2.24, 2.45) is 0 Å². The van der Waals surface area contributed by atoms with Gasteiger partial charge in [-0.05, 0) is 38.0 Å². The van der Waals surface area contributed by atoms with Crippen LogP contribution in [0.4, 0.5) is 4.39 Å². The molecular weight excluding hydrogens is 217 g/mol. The summed E-state index contributed by atoms with van der Waals surface area (Å²) in [7, 11) is 0. The van der Waals surface area contributed by atoms with E-state index in [2.05, 4.69) is 5.32 Å². The number of nitrogens with one attached hydrogen (secondary N) is 1. The minimum atomic E-state index is -1.19. The van der Waals surface area contributed by atoms with Gasteiger partial charge in [-0.2, -0.15) is 0 Å². The average Bonchev–Trinajstić information content (AvgIpc) is 2.12. The van der Waals surface area contributed by atoms with E-state index < -0.39 is 5.60 Å². The molecule has 1 aromatic rings. The highest BCUT2D eigenvalue weighted by atomic mass is 19.1. The first-order valence-corrected chi connectivity index (χ1v) is 5.97. The highest BCUT2D eigenvalue weighted by molar-refractivity contribution is 5.36. The highest BCUT2D eigenvalue weighted by Crippen LogP contribution is 2.27. The Morgan fingerprint density at radius 3 is 2.41 bits per heavy atom. The number of hydrogen-bond donors (Lipinski definition) is 2. The summed E-state index contributed by atoms with van der Waals surface area (Å²) in [6.07, 6.45) is 0. The monoisotopic (exact) mass is 239 g/mol. The third-order valence-electron chi connectivity index (χ3n) is 2.82. The molecule has 0 radical (unpaired) electrons. The van der Waals surface area contributed by atoms with E-state index in [0.29, 0.717) is 12.1 Å². The summed E-state index contributed by atoms with van der Waals surface area (Å²) >= 11 is 0. The molecule has 17 heavy (non-hydrogen) atoms. The van der Waals surface area contributed by atoms with Crippen molar-refractivity contribution in [3.8, 4) is 0 Å². The number of aliphatic hydroxyl groups is 1. The molecule has 0 fully saturated rings. The van der Waals surface area contributed by atoms with Gasteiger partial charge in [0.2, 0.25) is 0 Å². The SMILES string of the molecule is Cc1cc(C)c(C(C)(O)CNC(C)C)c(F)c1. The first kappa shape index (κ1) is 14.1. The Kier molecular flexibility index (Phi) is 4.28. The van der Waals surface area contributed by atoms with Crippen molar-refractivity contribution in [1.82, 2.24) is 5.32 Å². The predicted molar refractivity (Wildman–Crippen MR) is 68.6 cm³/mol. The predicted octanol–water partition coefficient (Wildman–Crippen LogP) is 2.65. The topological polar surface area (TPSA) is 32.3 Å². The van der Waals surface area contributed by atoms with Crippen molar-refractivity contribution in [2.75, 3.05) is 6.54 Å². The quantitative estimate of drug-likeness (QED) is 0.846. The van der Waals surface area contributed by atoms with Crippen molar-refractivity contribution in [3.63, 3.8) is 0 Å². The van der Waals surface area contributed by atoms with E-state index in [9.17, 15) is 9.50 Å². The van der Waals surface area contributed by atoms with Gasteiger partial charge in [-0.3, -0.25) is 0 Å². The molecule has 0 bridgehead atoms. The van der Waals surface area contributed by atoms with Crippen LogP contribution in [0.15, 0.2) is 12.1 Å². The highest BCUT2D eigenvalue weighted by Gasteiger charge is 2.28. The minimum Gasteiger partial charge on any atom is -0.384 e. The van der Waals surface area contributed by atoms with Gasteiger partial charge in [-0.15, -0.1) is 0 Å². The Hall–Kier alpha value is -0.930. The summed E-state index contributed by atoms with van der Waals surface area (Å²) in [5, 5.41) is 13.5. The molecule has 1 rings (SSSR count). The molecular formula is C14H22FNO. The molecule has 0 aromatic heterocycles. The molecule has 1 atom stereocenters. The number of halogens is 1. The summed E-state index contributed by atoms with van der Waals surface area (Å²) in [4.78, 5) is 0. The fourth-order valence-electron chi connectivity index (χ4n) is 2.09. The van der Waals surface area contributed by atoms with Gasteiger partial charge in [0.05, 0.1) is 0 Å². The molecule has 1 unspecified atom stereocenters. The van der Waals surface area contributed by atoms with Crippen molar-refractivity contribution >= 4 is 0 Å². The van der Waals surface area contributed by atoms with Crippen molar-refractivity contribution in [2.45, 2.75) is 46.3 Å². The lowest BCUT2D eigenvalue weighted by Crippen LogP contribution is -2.39. The molecule has 3 heteroatoms. The van der Waals surface area contributed by atoms with Crippen molar-refractivity contribution in [1.29, 1.82) is 0 Å². The molecule has 0 aliphatic rings. The summed E-state index contributed by atoms with van der Waals surface area (Å²) < 4.78 is 13.9. The molecule has 0 saturated heterocycles. The number of benzene rings is 1. The first-order chi connectivity index (χ1) is 7.74. The maximum absolute atomic E-state index is 13.9. The second-order valence-corrected chi connectivity index (χ2v) is 5.25. The van der Waals surface area contributed by atoms with Crippen LogP contribution in [0.25, 0.3) is 0 Å². The second-order valence-electron chi connectivity index (χ2n) is 5.25. The van der Waals surface area contributed by atoms with Crippen LogP contribution in [-0.4, -0.2) is 17.7 Å². The van der Waals surface area contributed by atoms with Gasteiger partial charge in [0.15, 0.2) is 0 Å². The molecule has 1 aromatic carbocycles. The third-order valence-corrected chi connectivity index (χ3v) is 2.82. The largest absolute Gasteiger partial charge is 0.384 e. The molecule has 0 amide bonds. The van der Waals surface area contributed by atoms with Crippen LogP contribution < -0.4 is 5.32 Å². The van der Waals surface area contributed by atoms with Gasteiger partial charge < -0.3 is 10.4 Å². The van der Waals surface area contributed by atoms with E-state index in [1.807, 2.05) is 33.8 Å². The zero-order chi connectivity index (χ0) is 13.2. The maximum atomic E-state index is 13.9. The van der Waals surface area contributed by atoms with Gasteiger partial charge in [0.25, 0.3) is 0 Å². The lowest BCUT2D eigenvalue weighted by molar-refractivity contribution is 0.0506. The van der Waals surface area contributed by atoms with Crippen molar-refractivity contribution < 1.29 is 9.50 Å². The van der Waals surface area contributed by atoms with Crippen LogP contribution >= 0.6 is 0 Å². The average molecular weight is 239 g/mol. The second kappa shape index (κ2) is 5.15. The molecule has 2 N–H and O–H groups in total. The maximum Gasteiger partial charge on any atom is 0.129 e. The minimum absolute atomic E-state index is 0.260. The lowest BCUT2D eigenvalue weighted by atomic mass is 9.90. The summed E-state index contributed by atoms with van der Waals surface area (Å²) in [6.45, 7) is 9.65. The van der Waals surface area contributed by atoms with Gasteiger partial charge in [-0.25, -0.2) is 4.39 Å². The molecule has 0 aliphatic carbocycles. The molecule has 96 valence electrons. The molecule has 0 aliphatic heterocycles. The Morgan fingerprint density at radius 1 is 1.35 bits per heavy atom. The zero-order valence-electron chi connectivity index (χ0n) is 11.3. The van der Waals surface area contributed by atoms with Crippen LogP contribution in [0.1, 0.15) is 37.5 Å². The molecule has 0 heterocycles. The lowest BCUT2D eigenvalue weighted by Gasteiger charge is -2.28. The van der Waals surface area contributed by atoms with E-state index in [-0.39, 0.29) is 11.9 Å². The Morgan fingerprint density at radius 2 is 1.94 bits per heavy atom. The van der Waals surface area contributed by atoms with Crippen molar-refractivity contribution in [3.05, 3.63) is 34.6 Å². The number of aryl methyl sites for hydroxylation is 2. The Labute approximate surface area is 103 Å². The third kappa shape index (κ3) is 3.51. The Bertz CT molecular complexity index is 376. The summed E-state index contributed by atoms with van der Waals surface area (Å²) in [5.74, 6) is -0.335. The number of hydrogen-bond acceptors (Lipinski definition) is 2. The fourth-order valence-corrected chi connectivity index (χ4v) is 2.09. The van der Waals surface area contributed by atoms with Gasteiger partial charge >= 0.3 is 0 Å². The van der Waals surface area contributed by atoms with Crippen LogP contribution in [0, 0.1) is 19.7 Å². The van der Waals surface area contributed by atoms with E-state index in [1.165, 1.54) is 6.07 Å². The number of rotatable bonds is 4. The molecule has 0 saturated carbocycles. The van der Waals surface area contributed by atoms with Crippen LogP contribution in [0.5, 0.6) is 0 Å². The Balaban J connectivity index is 3.05. The van der Waals surface area contributed by atoms with E-state index in [0.717, 1.165) is 11.1 Å². The normalized spacial score (nSPS) is 15.1.